The van der Waals surface area contributed by atoms with E-state index in [2.05, 4.69) is 50.3 Å². The summed E-state index contributed by atoms with van der Waals surface area (Å²) in [6.45, 7) is 4.40. The maximum atomic E-state index is 12.6. The molecule has 0 aromatic heterocycles. The summed E-state index contributed by atoms with van der Waals surface area (Å²) in [5.41, 5.74) is 0. The van der Waals surface area contributed by atoms with Crippen LogP contribution in [0.3, 0.4) is 0 Å². The highest BCUT2D eigenvalue weighted by atomic mass is 16.6. The van der Waals surface area contributed by atoms with Crippen LogP contribution < -0.4 is 5.11 Å². The molecule has 0 spiro atoms. The van der Waals surface area contributed by atoms with Crippen LogP contribution in [0.2, 0.25) is 0 Å². The van der Waals surface area contributed by atoms with Gasteiger partial charge >= 0.3 is 11.9 Å². The molecule has 0 aromatic carbocycles. The van der Waals surface area contributed by atoms with Gasteiger partial charge in [-0.3, -0.25) is 9.59 Å². The Morgan fingerprint density at radius 2 is 1.20 bits per heavy atom. The Bertz CT molecular complexity index is 948. The fraction of sp³-hybridized carbons (Fsp3) is 0.732. The molecule has 0 aromatic rings. The standard InChI is InChI=1S/C41H71NO7/c1-6-8-10-12-14-16-17-18-19-20-21-22-24-26-28-30-32-40(44)49-37(35-47-34-33-38(41(45)46)42(3,4)5)36-48-39(43)31-29-27-25-23-15-13-11-9-7-2/h9,11,15,19-20,23,27,29,37-38H,6-8,10,12-14,16-18,21-22,24-26,28,30-36H2,1-5H3/b11-9+,20-19+,23-15+,29-27+. The number of allylic oxidation sites excluding steroid dienone is 7. The normalized spacial score (nSPS) is 13.6. The molecule has 0 rings (SSSR count). The summed E-state index contributed by atoms with van der Waals surface area (Å²) in [6.07, 6.45) is 36.1. The topological polar surface area (TPSA) is 102 Å². The first-order valence-corrected chi connectivity index (χ1v) is 19.2. The molecule has 0 aliphatic heterocycles. The smallest absolute Gasteiger partial charge is 0.309 e. The predicted molar refractivity (Wildman–Crippen MR) is 199 cm³/mol. The third kappa shape index (κ3) is 31.0. The van der Waals surface area contributed by atoms with Crippen molar-refractivity contribution in [3.63, 3.8) is 0 Å². The molecule has 0 aliphatic carbocycles. The van der Waals surface area contributed by atoms with Crippen LogP contribution in [-0.4, -0.2) is 75.5 Å². The molecule has 8 nitrogen and oxygen atoms in total. The maximum absolute atomic E-state index is 12.6. The number of nitrogens with zero attached hydrogens (tertiary/aromatic N) is 1. The molecular formula is C41H71NO7. The molecular weight excluding hydrogens is 618 g/mol. The first-order valence-electron chi connectivity index (χ1n) is 19.2. The minimum Gasteiger partial charge on any atom is -0.544 e. The van der Waals surface area contributed by atoms with E-state index in [1.54, 1.807) is 27.2 Å². The van der Waals surface area contributed by atoms with Gasteiger partial charge in [-0.05, 0) is 51.4 Å². The van der Waals surface area contributed by atoms with E-state index in [4.69, 9.17) is 14.2 Å². The summed E-state index contributed by atoms with van der Waals surface area (Å²) in [4.78, 5) is 36.5. The molecule has 0 bridgehead atoms. The van der Waals surface area contributed by atoms with Crippen molar-refractivity contribution in [1.82, 2.24) is 0 Å². The fourth-order valence-electron chi connectivity index (χ4n) is 5.24. The molecule has 0 radical (unpaired) electrons. The Hall–Kier alpha value is -2.71. The third-order valence-corrected chi connectivity index (χ3v) is 8.23. The highest BCUT2D eigenvalue weighted by Gasteiger charge is 2.25. The minimum atomic E-state index is -1.14. The number of ether oxygens (including phenoxy) is 3. The lowest BCUT2D eigenvalue weighted by Gasteiger charge is -2.34. The predicted octanol–water partition coefficient (Wildman–Crippen LogP) is 8.35. The number of carboxylic acids is 1. The molecule has 0 fully saturated rings. The first-order chi connectivity index (χ1) is 23.6. The van der Waals surface area contributed by atoms with Crippen molar-refractivity contribution in [2.24, 2.45) is 0 Å². The average molecular weight is 690 g/mol. The van der Waals surface area contributed by atoms with Gasteiger partial charge in [0.1, 0.15) is 12.6 Å². The van der Waals surface area contributed by atoms with Crippen molar-refractivity contribution in [2.75, 3.05) is 41.0 Å². The lowest BCUT2D eigenvalue weighted by atomic mass is 10.1. The monoisotopic (exact) mass is 690 g/mol. The van der Waals surface area contributed by atoms with Gasteiger partial charge in [-0.25, -0.2) is 0 Å². The summed E-state index contributed by atoms with van der Waals surface area (Å²) < 4.78 is 16.9. The van der Waals surface area contributed by atoms with Gasteiger partial charge < -0.3 is 28.6 Å². The van der Waals surface area contributed by atoms with Crippen molar-refractivity contribution in [2.45, 2.75) is 154 Å². The number of carboxylic acid groups (broad SMARTS) is 1. The number of carbonyl (C=O) groups is 3. The van der Waals surface area contributed by atoms with Crippen LogP contribution in [0.5, 0.6) is 0 Å². The molecule has 0 aliphatic rings. The largest absolute Gasteiger partial charge is 0.544 e. The van der Waals surface area contributed by atoms with Crippen LogP contribution in [0, 0.1) is 0 Å². The SMILES string of the molecule is CC/C=C/C/C=C/C/C=C/CC(=O)OCC(COCCC(C(=O)[O-])[N+](C)(C)C)OC(=O)CCCCCCC/C=C/CCCCCCCCC. The van der Waals surface area contributed by atoms with Crippen LogP contribution in [0.15, 0.2) is 48.6 Å². The third-order valence-electron chi connectivity index (χ3n) is 8.23. The maximum Gasteiger partial charge on any atom is 0.309 e. The lowest BCUT2D eigenvalue weighted by molar-refractivity contribution is -0.889. The summed E-state index contributed by atoms with van der Waals surface area (Å²) in [5, 5.41) is 11.6. The van der Waals surface area contributed by atoms with Gasteiger partial charge in [0.15, 0.2) is 6.10 Å². The summed E-state index contributed by atoms with van der Waals surface area (Å²) >= 11 is 0. The molecule has 0 N–H and O–H groups in total. The van der Waals surface area contributed by atoms with E-state index < -0.39 is 24.1 Å². The molecule has 0 amide bonds. The van der Waals surface area contributed by atoms with Crippen LogP contribution in [0.4, 0.5) is 0 Å². The number of carbonyl (C=O) groups excluding carboxylic acids is 3. The number of likely N-dealkylation sites (N-methyl/N-ethyl adjacent to an activating group) is 1. The quantitative estimate of drug-likeness (QED) is 0.0295. The van der Waals surface area contributed by atoms with E-state index in [1.807, 2.05) is 6.08 Å². The molecule has 49 heavy (non-hydrogen) atoms. The number of esters is 2. The van der Waals surface area contributed by atoms with E-state index >= 15 is 0 Å². The zero-order chi connectivity index (χ0) is 36.4. The van der Waals surface area contributed by atoms with Crippen LogP contribution in [-0.2, 0) is 28.6 Å². The lowest BCUT2D eigenvalue weighted by Crippen LogP contribution is -2.55. The van der Waals surface area contributed by atoms with E-state index in [0.717, 1.165) is 57.8 Å². The van der Waals surface area contributed by atoms with E-state index in [1.165, 1.54) is 51.4 Å². The van der Waals surface area contributed by atoms with Gasteiger partial charge in [-0.15, -0.1) is 0 Å². The molecule has 2 atom stereocenters. The van der Waals surface area contributed by atoms with Crippen LogP contribution in [0.25, 0.3) is 0 Å². The van der Waals surface area contributed by atoms with Gasteiger partial charge in [0, 0.05) is 12.8 Å². The Morgan fingerprint density at radius 3 is 1.78 bits per heavy atom. The Kier molecular flexibility index (Phi) is 30.7. The first kappa shape index (κ1) is 46.3. The number of hydrogen-bond donors (Lipinski definition) is 0. The summed E-state index contributed by atoms with van der Waals surface area (Å²) in [7, 11) is 5.36. The van der Waals surface area contributed by atoms with Gasteiger partial charge in [-0.2, -0.15) is 0 Å². The second-order valence-corrected chi connectivity index (χ2v) is 13.8. The fourth-order valence-corrected chi connectivity index (χ4v) is 5.24. The summed E-state index contributed by atoms with van der Waals surface area (Å²) in [6, 6.07) is -0.737. The average Bonchev–Trinajstić information content (AvgIpc) is 3.05. The number of unbranched alkanes of at least 4 members (excludes halogenated alkanes) is 12. The van der Waals surface area contributed by atoms with Crippen molar-refractivity contribution in [3.8, 4) is 0 Å². The van der Waals surface area contributed by atoms with Crippen LogP contribution in [0.1, 0.15) is 142 Å². The Morgan fingerprint density at radius 1 is 0.653 bits per heavy atom. The van der Waals surface area contributed by atoms with Crippen molar-refractivity contribution in [3.05, 3.63) is 48.6 Å². The molecule has 0 heterocycles. The van der Waals surface area contributed by atoms with Gasteiger partial charge in [0.25, 0.3) is 0 Å². The van der Waals surface area contributed by atoms with E-state index in [-0.39, 0.29) is 43.1 Å². The van der Waals surface area contributed by atoms with E-state index in [9.17, 15) is 19.5 Å². The summed E-state index contributed by atoms with van der Waals surface area (Å²) in [5.74, 6) is -1.90. The molecule has 0 saturated heterocycles. The van der Waals surface area contributed by atoms with Gasteiger partial charge in [0.2, 0.25) is 0 Å². The van der Waals surface area contributed by atoms with Crippen molar-refractivity contribution >= 4 is 17.9 Å². The minimum absolute atomic E-state index is 0.00944. The highest BCUT2D eigenvalue weighted by molar-refractivity contribution is 5.71. The van der Waals surface area contributed by atoms with Crippen LogP contribution >= 0.6 is 0 Å². The van der Waals surface area contributed by atoms with Crippen molar-refractivity contribution < 1.29 is 38.2 Å². The van der Waals surface area contributed by atoms with E-state index in [0.29, 0.717) is 6.42 Å². The molecule has 0 saturated carbocycles. The Labute approximate surface area is 299 Å². The Balaban J connectivity index is 4.47. The molecule has 2 unspecified atom stereocenters. The van der Waals surface area contributed by atoms with Crippen molar-refractivity contribution in [1.29, 1.82) is 0 Å². The van der Waals surface area contributed by atoms with Gasteiger partial charge in [-0.1, -0.05) is 120 Å². The van der Waals surface area contributed by atoms with Gasteiger partial charge in [0.05, 0.1) is 46.7 Å². The molecule has 8 heteroatoms. The zero-order valence-corrected chi connectivity index (χ0v) is 31.8. The number of aliphatic carboxylic acids is 1. The second kappa shape index (κ2) is 32.5. The number of rotatable bonds is 33. The zero-order valence-electron chi connectivity index (χ0n) is 31.8. The highest BCUT2D eigenvalue weighted by Crippen LogP contribution is 2.12. The molecule has 282 valence electrons. The number of quaternary nitrogens is 1. The number of hydrogen-bond acceptors (Lipinski definition) is 7. The second-order valence-electron chi connectivity index (χ2n) is 13.8.